The monoisotopic (exact) mass is 480 g/mol. The van der Waals surface area contributed by atoms with E-state index in [4.69, 9.17) is 17.2 Å². The number of aliphatic carboxylic acids is 1. The summed E-state index contributed by atoms with van der Waals surface area (Å²) in [5.74, 6) is -5.49. The van der Waals surface area contributed by atoms with Gasteiger partial charge in [-0.3, -0.25) is 24.0 Å². The summed E-state index contributed by atoms with van der Waals surface area (Å²) in [6.07, 6.45) is -1.07. The van der Waals surface area contributed by atoms with Gasteiger partial charge in [0, 0.05) is 12.8 Å². The topological polar surface area (TPSA) is 257 Å². The van der Waals surface area contributed by atoms with Crippen molar-refractivity contribution in [3.63, 3.8) is 0 Å². The van der Waals surface area contributed by atoms with E-state index in [1.807, 2.05) is 0 Å². The first-order chi connectivity index (χ1) is 15.9. The molecule has 0 saturated carbocycles. The lowest BCUT2D eigenvalue weighted by Gasteiger charge is -2.21. The van der Waals surface area contributed by atoms with Gasteiger partial charge in [-0.2, -0.15) is 0 Å². The Balaban J connectivity index is 2.80. The Morgan fingerprint density at radius 2 is 1.50 bits per heavy atom. The summed E-state index contributed by atoms with van der Waals surface area (Å²) in [5.41, 5.74) is 16.0. The summed E-state index contributed by atoms with van der Waals surface area (Å²) >= 11 is 0. The number of carbonyl (C=O) groups excluding carboxylic acids is 5. The number of benzene rings is 1. The molecular formula is C20H28N6O8. The fraction of sp³-hybridized carbons (Fsp3) is 0.400. The van der Waals surface area contributed by atoms with E-state index in [-0.39, 0.29) is 25.0 Å². The molecule has 1 aromatic rings. The SMILES string of the molecule is NC(=O)CC[C@H](NC(=O)CNC(=O)[C@@H](N)CC(N)=O)C(=O)N[C@@H](Cc1ccc(O)cc1)C(=O)O. The van der Waals surface area contributed by atoms with E-state index in [0.717, 1.165) is 0 Å². The first kappa shape index (κ1) is 27.8. The van der Waals surface area contributed by atoms with Gasteiger partial charge in [0.25, 0.3) is 0 Å². The molecule has 0 saturated heterocycles. The van der Waals surface area contributed by atoms with Crippen molar-refractivity contribution in [1.29, 1.82) is 0 Å². The highest BCUT2D eigenvalue weighted by Crippen LogP contribution is 2.12. The van der Waals surface area contributed by atoms with E-state index in [9.17, 15) is 39.0 Å². The lowest BCUT2D eigenvalue weighted by atomic mass is 10.0. The largest absolute Gasteiger partial charge is 0.508 e. The third-order valence-electron chi connectivity index (χ3n) is 4.50. The maximum Gasteiger partial charge on any atom is 0.326 e. The zero-order valence-electron chi connectivity index (χ0n) is 18.2. The van der Waals surface area contributed by atoms with E-state index < -0.39 is 66.6 Å². The summed E-state index contributed by atoms with van der Waals surface area (Å²) in [6.45, 7) is -0.610. The Morgan fingerprint density at radius 3 is 2.03 bits per heavy atom. The Labute approximate surface area is 194 Å². The van der Waals surface area contributed by atoms with Crippen molar-refractivity contribution < 1.29 is 39.0 Å². The summed E-state index contributed by atoms with van der Waals surface area (Å²) in [4.78, 5) is 70.2. The quantitative estimate of drug-likeness (QED) is 0.132. The number of hydrogen-bond acceptors (Lipinski definition) is 8. The normalized spacial score (nSPS) is 13.1. The molecular weight excluding hydrogens is 452 g/mol. The second kappa shape index (κ2) is 13.4. The molecule has 5 amide bonds. The van der Waals surface area contributed by atoms with Crippen LogP contribution in [0.5, 0.6) is 5.75 Å². The van der Waals surface area contributed by atoms with Crippen LogP contribution >= 0.6 is 0 Å². The van der Waals surface area contributed by atoms with Gasteiger partial charge in [-0.1, -0.05) is 12.1 Å². The summed E-state index contributed by atoms with van der Waals surface area (Å²) in [5, 5.41) is 25.5. The number of nitrogens with one attached hydrogen (secondary N) is 3. The standard InChI is InChI=1S/C20H28N6O8/c21-12(8-16(23)29)18(31)24-9-17(30)25-13(5-6-15(22)28)19(32)26-14(20(33)34)7-10-1-3-11(27)4-2-10/h1-4,12-14,27H,5-9,21H2,(H2,22,28)(H2,23,29)(H,24,31)(H,25,30)(H,26,32)(H,33,34)/t12-,13-,14-/m0/s1. The van der Waals surface area contributed by atoms with Gasteiger partial charge < -0.3 is 43.4 Å². The van der Waals surface area contributed by atoms with Crippen molar-refractivity contribution in [2.45, 2.75) is 43.8 Å². The van der Waals surface area contributed by atoms with E-state index in [2.05, 4.69) is 16.0 Å². The summed E-state index contributed by atoms with van der Waals surface area (Å²) in [6, 6.07) is 1.69. The molecule has 0 heterocycles. The second-order valence-corrected chi connectivity index (χ2v) is 7.39. The first-order valence-electron chi connectivity index (χ1n) is 10.1. The van der Waals surface area contributed by atoms with Crippen LogP contribution in [0.3, 0.4) is 0 Å². The van der Waals surface area contributed by atoms with Crippen molar-refractivity contribution in [2.75, 3.05) is 6.54 Å². The molecule has 186 valence electrons. The van der Waals surface area contributed by atoms with Gasteiger partial charge in [0.1, 0.15) is 17.8 Å². The number of nitrogens with two attached hydrogens (primary N) is 3. The zero-order chi connectivity index (χ0) is 25.8. The second-order valence-electron chi connectivity index (χ2n) is 7.39. The van der Waals surface area contributed by atoms with Crippen LogP contribution in [-0.4, -0.2) is 70.4 Å². The molecule has 14 nitrogen and oxygen atoms in total. The molecule has 14 heteroatoms. The van der Waals surface area contributed by atoms with Crippen LogP contribution in [0, 0.1) is 0 Å². The van der Waals surface area contributed by atoms with Crippen LogP contribution in [-0.2, 0) is 35.2 Å². The average molecular weight is 480 g/mol. The smallest absolute Gasteiger partial charge is 0.326 e. The summed E-state index contributed by atoms with van der Waals surface area (Å²) in [7, 11) is 0. The van der Waals surface area contributed by atoms with Gasteiger partial charge >= 0.3 is 5.97 Å². The van der Waals surface area contributed by atoms with E-state index in [1.54, 1.807) is 0 Å². The molecule has 11 N–H and O–H groups in total. The van der Waals surface area contributed by atoms with Crippen molar-refractivity contribution in [3.8, 4) is 5.75 Å². The minimum Gasteiger partial charge on any atom is -0.508 e. The molecule has 0 unspecified atom stereocenters. The fourth-order valence-electron chi connectivity index (χ4n) is 2.75. The van der Waals surface area contributed by atoms with Crippen molar-refractivity contribution in [1.82, 2.24) is 16.0 Å². The first-order valence-corrected chi connectivity index (χ1v) is 10.1. The van der Waals surface area contributed by atoms with E-state index >= 15 is 0 Å². The van der Waals surface area contributed by atoms with Gasteiger partial charge in [-0.05, 0) is 24.1 Å². The van der Waals surface area contributed by atoms with Crippen LogP contribution in [0.1, 0.15) is 24.8 Å². The molecule has 1 rings (SSSR count). The molecule has 0 aliphatic heterocycles. The zero-order valence-corrected chi connectivity index (χ0v) is 18.2. The number of primary amides is 2. The summed E-state index contributed by atoms with van der Waals surface area (Å²) < 4.78 is 0. The Hall–Kier alpha value is -4.20. The number of rotatable bonds is 14. The Bertz CT molecular complexity index is 920. The number of carboxylic acids is 1. The lowest BCUT2D eigenvalue weighted by Crippen LogP contribution is -2.54. The minimum atomic E-state index is -1.38. The van der Waals surface area contributed by atoms with Crippen LogP contribution in [0.25, 0.3) is 0 Å². The third kappa shape index (κ3) is 10.4. The molecule has 0 fully saturated rings. The van der Waals surface area contributed by atoms with Crippen molar-refractivity contribution >= 4 is 35.5 Å². The molecule has 0 aliphatic carbocycles. The Morgan fingerprint density at radius 1 is 0.882 bits per heavy atom. The van der Waals surface area contributed by atoms with Crippen LogP contribution in [0.15, 0.2) is 24.3 Å². The van der Waals surface area contributed by atoms with Gasteiger partial charge in [0.15, 0.2) is 0 Å². The van der Waals surface area contributed by atoms with Crippen molar-refractivity contribution in [3.05, 3.63) is 29.8 Å². The number of amides is 5. The maximum atomic E-state index is 12.7. The average Bonchev–Trinajstić information content (AvgIpc) is 2.74. The fourth-order valence-corrected chi connectivity index (χ4v) is 2.75. The Kier molecular flexibility index (Phi) is 10.9. The minimum absolute atomic E-state index is 0.0171. The predicted molar refractivity (Wildman–Crippen MR) is 117 cm³/mol. The highest BCUT2D eigenvalue weighted by Gasteiger charge is 2.27. The molecule has 34 heavy (non-hydrogen) atoms. The van der Waals surface area contributed by atoms with Crippen molar-refractivity contribution in [2.24, 2.45) is 17.2 Å². The van der Waals surface area contributed by atoms with Gasteiger partial charge in [-0.25, -0.2) is 4.79 Å². The van der Waals surface area contributed by atoms with Crippen LogP contribution < -0.4 is 33.2 Å². The number of carbonyl (C=O) groups is 6. The highest BCUT2D eigenvalue weighted by molar-refractivity contribution is 5.93. The van der Waals surface area contributed by atoms with Crippen LogP contribution in [0.2, 0.25) is 0 Å². The molecule has 1 aromatic carbocycles. The number of hydrogen-bond donors (Lipinski definition) is 8. The molecule has 0 bridgehead atoms. The highest BCUT2D eigenvalue weighted by atomic mass is 16.4. The van der Waals surface area contributed by atoms with E-state index in [1.165, 1.54) is 24.3 Å². The maximum absolute atomic E-state index is 12.7. The third-order valence-corrected chi connectivity index (χ3v) is 4.50. The molecule has 0 spiro atoms. The van der Waals surface area contributed by atoms with Gasteiger partial charge in [0.05, 0.1) is 19.0 Å². The predicted octanol–water partition coefficient (Wildman–Crippen LogP) is -3.43. The van der Waals surface area contributed by atoms with Gasteiger partial charge in [-0.15, -0.1) is 0 Å². The molecule has 0 aromatic heterocycles. The lowest BCUT2D eigenvalue weighted by molar-refractivity contribution is -0.142. The van der Waals surface area contributed by atoms with Gasteiger partial charge in [0.2, 0.25) is 29.5 Å². The number of aromatic hydroxyl groups is 1. The van der Waals surface area contributed by atoms with Crippen LogP contribution in [0.4, 0.5) is 0 Å². The molecule has 0 radical (unpaired) electrons. The number of phenolic OH excluding ortho intramolecular Hbond substituents is 1. The molecule has 3 atom stereocenters. The molecule has 0 aliphatic rings. The number of carboxylic acid groups (broad SMARTS) is 1. The number of phenols is 1. The van der Waals surface area contributed by atoms with E-state index in [0.29, 0.717) is 5.56 Å².